The van der Waals surface area contributed by atoms with E-state index in [4.69, 9.17) is 0 Å². The molecule has 124 valence electrons. The average Bonchev–Trinajstić information content (AvgIpc) is 2.32. The lowest BCUT2D eigenvalue weighted by Gasteiger charge is -2.14. The molecule has 1 aromatic rings. The van der Waals surface area contributed by atoms with Crippen molar-refractivity contribution in [3.8, 4) is 5.75 Å². The molecule has 0 aliphatic carbocycles. The van der Waals surface area contributed by atoms with Crippen LogP contribution in [0.15, 0.2) is 27.6 Å². The summed E-state index contributed by atoms with van der Waals surface area (Å²) in [5, 5.41) is 2.35. The number of alkyl halides is 3. The molecule has 22 heavy (non-hydrogen) atoms. The maximum Gasteiger partial charge on any atom is 0.573 e. The van der Waals surface area contributed by atoms with Gasteiger partial charge in [-0.25, -0.2) is 13.1 Å². The minimum Gasteiger partial charge on any atom is -0.404 e. The predicted octanol–water partition coefficient (Wildman–Crippen LogP) is 1.76. The van der Waals surface area contributed by atoms with Crippen LogP contribution in [0.5, 0.6) is 5.75 Å². The summed E-state index contributed by atoms with van der Waals surface area (Å²) in [4.78, 5) is 9.99. The van der Waals surface area contributed by atoms with E-state index >= 15 is 0 Å². The van der Waals surface area contributed by atoms with Crippen LogP contribution in [0, 0.1) is 0 Å². The number of amides is 1. The van der Waals surface area contributed by atoms with Crippen molar-refractivity contribution in [2.45, 2.75) is 18.2 Å². The van der Waals surface area contributed by atoms with Crippen LogP contribution >= 0.6 is 15.9 Å². The highest BCUT2D eigenvalue weighted by molar-refractivity contribution is 9.10. The SMILES string of the molecule is CC(=O)NCCNS(=O)(=O)c1ccc(Br)cc1OC(F)(F)F. The molecule has 11 heteroatoms. The molecule has 1 amide bonds. The van der Waals surface area contributed by atoms with E-state index in [9.17, 15) is 26.4 Å². The van der Waals surface area contributed by atoms with Crippen molar-refractivity contribution in [3.63, 3.8) is 0 Å². The van der Waals surface area contributed by atoms with Crippen LogP contribution in [0.4, 0.5) is 13.2 Å². The summed E-state index contributed by atoms with van der Waals surface area (Å²) in [5.74, 6) is -1.21. The fourth-order valence-corrected chi connectivity index (χ4v) is 2.89. The minimum atomic E-state index is -5.03. The van der Waals surface area contributed by atoms with Gasteiger partial charge in [-0.1, -0.05) is 15.9 Å². The normalized spacial score (nSPS) is 12.0. The van der Waals surface area contributed by atoms with Crippen LogP contribution in [0.1, 0.15) is 6.92 Å². The Labute approximate surface area is 133 Å². The monoisotopic (exact) mass is 404 g/mol. The summed E-state index contributed by atoms with van der Waals surface area (Å²) in [5.41, 5.74) is 0. The molecule has 0 heterocycles. The zero-order chi connectivity index (χ0) is 17.0. The minimum absolute atomic E-state index is 0.000548. The Morgan fingerprint density at radius 1 is 1.32 bits per heavy atom. The van der Waals surface area contributed by atoms with E-state index in [0.717, 1.165) is 12.1 Å². The van der Waals surface area contributed by atoms with E-state index in [-0.39, 0.29) is 23.5 Å². The van der Waals surface area contributed by atoms with Crippen molar-refractivity contribution in [2.24, 2.45) is 0 Å². The van der Waals surface area contributed by atoms with Crippen molar-refractivity contribution in [3.05, 3.63) is 22.7 Å². The Balaban J connectivity index is 2.96. The van der Waals surface area contributed by atoms with Gasteiger partial charge in [0.05, 0.1) is 0 Å². The van der Waals surface area contributed by atoms with Crippen LogP contribution in [-0.4, -0.2) is 33.8 Å². The first kappa shape index (κ1) is 18.7. The van der Waals surface area contributed by atoms with E-state index in [1.54, 1.807) is 0 Å². The molecule has 2 N–H and O–H groups in total. The Kier molecular flexibility index (Phi) is 6.20. The lowest BCUT2D eigenvalue weighted by Crippen LogP contribution is -2.34. The molecule has 0 aliphatic heterocycles. The number of benzene rings is 1. The molecule has 0 unspecified atom stereocenters. The number of rotatable bonds is 6. The predicted molar refractivity (Wildman–Crippen MR) is 74.7 cm³/mol. The van der Waals surface area contributed by atoms with Gasteiger partial charge in [0.15, 0.2) is 5.75 Å². The quantitative estimate of drug-likeness (QED) is 0.707. The average molecular weight is 405 g/mol. The molecule has 0 bridgehead atoms. The summed E-state index contributed by atoms with van der Waals surface area (Å²) >= 11 is 2.94. The van der Waals surface area contributed by atoms with Crippen LogP contribution in [-0.2, 0) is 14.8 Å². The van der Waals surface area contributed by atoms with Crippen molar-refractivity contribution in [1.82, 2.24) is 10.0 Å². The summed E-state index contributed by atoms with van der Waals surface area (Å²) in [6.07, 6.45) is -5.03. The molecular formula is C11H12BrF3N2O4S. The summed E-state index contributed by atoms with van der Waals surface area (Å²) in [7, 11) is -4.23. The van der Waals surface area contributed by atoms with Crippen molar-refractivity contribution < 1.29 is 31.1 Å². The molecule has 6 nitrogen and oxygen atoms in total. The highest BCUT2D eigenvalue weighted by Gasteiger charge is 2.34. The molecule has 1 rings (SSSR count). The van der Waals surface area contributed by atoms with Gasteiger partial charge in [0, 0.05) is 24.5 Å². The highest BCUT2D eigenvalue weighted by atomic mass is 79.9. The number of ether oxygens (including phenoxy) is 1. The molecule has 0 aromatic heterocycles. The lowest BCUT2D eigenvalue weighted by atomic mass is 10.3. The number of nitrogens with one attached hydrogen (secondary N) is 2. The Bertz CT molecular complexity index is 649. The first-order chi connectivity index (χ1) is 10.0. The number of halogens is 4. The Hall–Kier alpha value is -1.33. The van der Waals surface area contributed by atoms with E-state index in [1.807, 2.05) is 0 Å². The number of sulfonamides is 1. The van der Waals surface area contributed by atoms with Crippen molar-refractivity contribution in [2.75, 3.05) is 13.1 Å². The molecule has 0 atom stereocenters. The highest BCUT2D eigenvalue weighted by Crippen LogP contribution is 2.32. The third-order valence-electron chi connectivity index (χ3n) is 2.21. The van der Waals surface area contributed by atoms with Crippen LogP contribution in [0.25, 0.3) is 0 Å². The van der Waals surface area contributed by atoms with Crippen LogP contribution in [0.2, 0.25) is 0 Å². The molecule has 0 fully saturated rings. The van der Waals surface area contributed by atoms with Gasteiger partial charge < -0.3 is 10.1 Å². The Morgan fingerprint density at radius 3 is 2.50 bits per heavy atom. The van der Waals surface area contributed by atoms with Crippen molar-refractivity contribution >= 4 is 31.9 Å². The van der Waals surface area contributed by atoms with E-state index in [1.165, 1.54) is 13.0 Å². The lowest BCUT2D eigenvalue weighted by molar-refractivity contribution is -0.275. The fourth-order valence-electron chi connectivity index (χ4n) is 1.41. The molecule has 1 aromatic carbocycles. The first-order valence-electron chi connectivity index (χ1n) is 5.81. The van der Waals surface area contributed by atoms with E-state index < -0.39 is 27.0 Å². The van der Waals surface area contributed by atoms with Gasteiger partial charge >= 0.3 is 6.36 Å². The van der Waals surface area contributed by atoms with Crippen LogP contribution in [0.3, 0.4) is 0 Å². The fraction of sp³-hybridized carbons (Fsp3) is 0.364. The maximum atomic E-state index is 12.3. The maximum absolute atomic E-state index is 12.3. The third-order valence-corrected chi connectivity index (χ3v) is 4.21. The smallest absolute Gasteiger partial charge is 0.404 e. The van der Waals surface area contributed by atoms with Gasteiger partial charge in [0.2, 0.25) is 15.9 Å². The zero-order valence-electron chi connectivity index (χ0n) is 11.2. The molecule has 0 saturated carbocycles. The van der Waals surface area contributed by atoms with Gasteiger partial charge in [-0.3, -0.25) is 4.79 Å². The molecule has 0 aliphatic rings. The van der Waals surface area contributed by atoms with E-state index in [2.05, 4.69) is 30.7 Å². The second-order valence-corrected chi connectivity index (χ2v) is 6.67. The van der Waals surface area contributed by atoms with Gasteiger partial charge in [0.25, 0.3) is 0 Å². The first-order valence-corrected chi connectivity index (χ1v) is 8.08. The van der Waals surface area contributed by atoms with Gasteiger partial charge in [-0.15, -0.1) is 13.2 Å². The zero-order valence-corrected chi connectivity index (χ0v) is 13.6. The number of hydrogen-bond acceptors (Lipinski definition) is 4. The third kappa shape index (κ3) is 6.20. The standard InChI is InChI=1S/C11H12BrF3N2O4S/c1-7(18)16-4-5-17-22(19,20)10-3-2-8(12)6-9(10)21-11(13,14)15/h2-3,6,17H,4-5H2,1H3,(H,16,18). The van der Waals surface area contributed by atoms with Crippen LogP contribution < -0.4 is 14.8 Å². The number of carbonyl (C=O) groups excluding carboxylic acids is 1. The van der Waals surface area contributed by atoms with E-state index in [0.29, 0.717) is 0 Å². The molecule has 0 saturated heterocycles. The summed E-state index contributed by atoms with van der Waals surface area (Å²) < 4.78 is 67.0. The van der Waals surface area contributed by atoms with Gasteiger partial charge in [0.1, 0.15) is 4.90 Å². The van der Waals surface area contributed by atoms with Crippen molar-refractivity contribution in [1.29, 1.82) is 0 Å². The summed E-state index contributed by atoms with van der Waals surface area (Å²) in [6, 6.07) is 3.15. The largest absolute Gasteiger partial charge is 0.573 e. The number of carbonyl (C=O) groups is 1. The molecule has 0 radical (unpaired) electrons. The van der Waals surface area contributed by atoms with Gasteiger partial charge in [-0.2, -0.15) is 0 Å². The topological polar surface area (TPSA) is 84.5 Å². The Morgan fingerprint density at radius 2 is 1.95 bits per heavy atom. The second kappa shape index (κ2) is 7.29. The summed E-state index contributed by atoms with van der Waals surface area (Å²) in [6.45, 7) is 1.07. The molecular weight excluding hydrogens is 393 g/mol. The molecule has 0 spiro atoms. The second-order valence-electron chi connectivity index (χ2n) is 4.02. The number of hydrogen-bond donors (Lipinski definition) is 2. The van der Waals surface area contributed by atoms with Gasteiger partial charge in [-0.05, 0) is 18.2 Å².